The van der Waals surface area contributed by atoms with E-state index in [1.165, 1.54) is 18.2 Å². The van der Waals surface area contributed by atoms with E-state index in [-0.39, 0.29) is 10.8 Å². The molecule has 2 N–H and O–H groups in total. The van der Waals surface area contributed by atoms with E-state index in [0.717, 1.165) is 0 Å². The normalized spacial score (nSPS) is 12.4. The van der Waals surface area contributed by atoms with Crippen molar-refractivity contribution >= 4 is 39.7 Å². The van der Waals surface area contributed by atoms with Gasteiger partial charge < -0.3 is 5.73 Å². The molecule has 0 aliphatic rings. The molecule has 0 fully saturated rings. The minimum Gasteiger partial charge on any atom is -0.398 e. The summed E-state index contributed by atoms with van der Waals surface area (Å²) in [5.74, 6) is -0.361. The third-order valence-corrected chi connectivity index (χ3v) is 4.50. The van der Waals surface area contributed by atoms with Crippen molar-refractivity contribution in [2.24, 2.45) is 0 Å². The first-order valence-electron chi connectivity index (χ1n) is 5.34. The van der Waals surface area contributed by atoms with Gasteiger partial charge in [-0.05, 0) is 35.9 Å². The Kier molecular flexibility index (Phi) is 4.45. The number of hydrogen-bond acceptors (Lipinski definition) is 2. The lowest BCUT2D eigenvalue weighted by Gasteiger charge is -2.07. The average Bonchev–Trinajstić information content (AvgIpc) is 2.33. The van der Waals surface area contributed by atoms with E-state index in [1.807, 2.05) is 0 Å². The Hall–Kier alpha value is -1.10. The molecule has 19 heavy (non-hydrogen) atoms. The Labute approximate surface area is 122 Å². The van der Waals surface area contributed by atoms with Crippen molar-refractivity contribution in [3.63, 3.8) is 0 Å². The molecule has 0 aliphatic heterocycles. The molecule has 0 saturated carbocycles. The number of anilines is 1. The lowest BCUT2D eigenvalue weighted by molar-refractivity contribution is 0.626. The van der Waals surface area contributed by atoms with Crippen LogP contribution < -0.4 is 5.73 Å². The fraction of sp³-hybridized carbons (Fsp3) is 0.0769. The third-order valence-electron chi connectivity index (χ3n) is 2.50. The van der Waals surface area contributed by atoms with Crippen LogP contribution in [0.2, 0.25) is 10.0 Å². The van der Waals surface area contributed by atoms with Crippen LogP contribution in [0.1, 0.15) is 5.56 Å². The second kappa shape index (κ2) is 5.90. The number of halogens is 3. The van der Waals surface area contributed by atoms with E-state index in [1.54, 1.807) is 18.2 Å². The predicted octanol–water partition coefficient (Wildman–Crippen LogP) is 4.02. The van der Waals surface area contributed by atoms with Crippen LogP contribution >= 0.6 is 23.2 Å². The van der Waals surface area contributed by atoms with E-state index in [2.05, 4.69) is 0 Å². The summed E-state index contributed by atoms with van der Waals surface area (Å²) in [6.45, 7) is 0. The molecule has 0 aliphatic carbocycles. The smallest absolute Gasteiger partial charge is 0.142 e. The highest BCUT2D eigenvalue weighted by Crippen LogP contribution is 2.24. The molecule has 0 aromatic heterocycles. The summed E-state index contributed by atoms with van der Waals surface area (Å²) in [7, 11) is -1.36. The van der Waals surface area contributed by atoms with Crippen LogP contribution in [-0.2, 0) is 16.6 Å². The van der Waals surface area contributed by atoms with Crippen molar-refractivity contribution in [2.45, 2.75) is 10.6 Å². The van der Waals surface area contributed by atoms with Gasteiger partial charge in [0.1, 0.15) is 5.82 Å². The van der Waals surface area contributed by atoms with Gasteiger partial charge in [-0.2, -0.15) is 0 Å². The van der Waals surface area contributed by atoms with Crippen LogP contribution in [0.15, 0.2) is 41.3 Å². The Morgan fingerprint density at radius 2 is 1.89 bits per heavy atom. The molecule has 0 bridgehead atoms. The van der Waals surface area contributed by atoms with Gasteiger partial charge >= 0.3 is 0 Å². The van der Waals surface area contributed by atoms with Gasteiger partial charge in [-0.25, -0.2) is 4.39 Å². The molecule has 2 aromatic rings. The molecule has 0 saturated heterocycles. The summed E-state index contributed by atoms with van der Waals surface area (Å²) in [5, 5.41) is 0.524. The maximum absolute atomic E-state index is 13.3. The molecule has 6 heteroatoms. The number of hydrogen-bond donors (Lipinski definition) is 1. The summed E-state index contributed by atoms with van der Waals surface area (Å²) in [4.78, 5) is 0.486. The first-order chi connectivity index (χ1) is 8.97. The van der Waals surface area contributed by atoms with Gasteiger partial charge in [0.05, 0.1) is 26.5 Å². The molecule has 2 rings (SSSR count). The highest BCUT2D eigenvalue weighted by molar-refractivity contribution is 7.84. The van der Waals surface area contributed by atoms with Crippen LogP contribution in [-0.4, -0.2) is 4.21 Å². The molecular formula is C13H10Cl2FNOS. The summed E-state index contributed by atoms with van der Waals surface area (Å²) < 4.78 is 25.5. The number of nitrogens with two attached hydrogens (primary N) is 1. The zero-order valence-corrected chi connectivity index (χ0v) is 12.0. The molecule has 2 nitrogen and oxygen atoms in total. The largest absolute Gasteiger partial charge is 0.398 e. The molecule has 0 amide bonds. The maximum atomic E-state index is 13.3. The van der Waals surface area contributed by atoms with Gasteiger partial charge in [0.15, 0.2) is 0 Å². The zero-order valence-electron chi connectivity index (χ0n) is 9.70. The average molecular weight is 318 g/mol. The van der Waals surface area contributed by atoms with Gasteiger partial charge in [-0.15, -0.1) is 0 Å². The summed E-state index contributed by atoms with van der Waals surface area (Å²) in [5.41, 5.74) is 6.71. The van der Waals surface area contributed by atoms with Crippen LogP contribution in [0.3, 0.4) is 0 Å². The van der Waals surface area contributed by atoms with Crippen molar-refractivity contribution in [1.29, 1.82) is 0 Å². The topological polar surface area (TPSA) is 43.1 Å². The Balaban J connectivity index is 2.23. The standard InChI is InChI=1S/C13H10Cl2FNOS/c14-9-2-4-13(12(17)6-9)19(18)7-8-1-3-10(15)11(16)5-8/h1-6H,7,17H2. The number of rotatable bonds is 3. The van der Waals surface area contributed by atoms with E-state index in [0.29, 0.717) is 21.2 Å². The van der Waals surface area contributed by atoms with E-state index >= 15 is 0 Å². The van der Waals surface area contributed by atoms with E-state index < -0.39 is 16.6 Å². The van der Waals surface area contributed by atoms with E-state index in [4.69, 9.17) is 28.9 Å². The second-order valence-corrected chi connectivity index (χ2v) is 6.18. The van der Waals surface area contributed by atoms with Crippen LogP contribution in [0.4, 0.5) is 10.1 Å². The van der Waals surface area contributed by atoms with Crippen molar-refractivity contribution in [3.8, 4) is 0 Å². The van der Waals surface area contributed by atoms with Gasteiger partial charge in [0.25, 0.3) is 0 Å². The minimum absolute atomic E-state index is 0.0422. The highest BCUT2D eigenvalue weighted by atomic mass is 35.5. The van der Waals surface area contributed by atoms with Crippen molar-refractivity contribution < 1.29 is 8.60 Å². The molecule has 1 unspecified atom stereocenters. The second-order valence-electron chi connectivity index (χ2n) is 3.92. The molecule has 0 radical (unpaired) electrons. The van der Waals surface area contributed by atoms with E-state index in [9.17, 15) is 8.60 Å². The van der Waals surface area contributed by atoms with Gasteiger partial charge in [-0.1, -0.05) is 29.3 Å². The molecule has 1 atom stereocenters. The summed E-state index contributed by atoms with van der Waals surface area (Å²) in [6.07, 6.45) is 0. The maximum Gasteiger partial charge on any atom is 0.142 e. The summed E-state index contributed by atoms with van der Waals surface area (Å²) >= 11 is 11.4. The van der Waals surface area contributed by atoms with Crippen LogP contribution in [0.25, 0.3) is 0 Å². The monoisotopic (exact) mass is 317 g/mol. The predicted molar refractivity (Wildman–Crippen MR) is 77.4 cm³/mol. The Morgan fingerprint density at radius 1 is 1.16 bits per heavy atom. The lowest BCUT2D eigenvalue weighted by Crippen LogP contribution is -2.01. The number of benzene rings is 2. The Morgan fingerprint density at radius 3 is 2.53 bits per heavy atom. The third kappa shape index (κ3) is 3.47. The lowest BCUT2D eigenvalue weighted by atomic mass is 10.2. The minimum atomic E-state index is -1.36. The first kappa shape index (κ1) is 14.3. The molecule has 0 heterocycles. The SMILES string of the molecule is Nc1cc(Cl)ccc1S(=O)Cc1ccc(Cl)c(F)c1. The first-order valence-corrected chi connectivity index (χ1v) is 7.42. The zero-order chi connectivity index (χ0) is 14.0. The van der Waals surface area contributed by atoms with Crippen LogP contribution in [0, 0.1) is 5.82 Å². The number of nitrogen functional groups attached to an aromatic ring is 1. The van der Waals surface area contributed by atoms with Crippen LogP contribution in [0.5, 0.6) is 0 Å². The van der Waals surface area contributed by atoms with Crippen molar-refractivity contribution in [2.75, 3.05) is 5.73 Å². The molecular weight excluding hydrogens is 308 g/mol. The quantitative estimate of drug-likeness (QED) is 0.869. The van der Waals surface area contributed by atoms with Gasteiger partial charge in [-0.3, -0.25) is 4.21 Å². The molecule has 100 valence electrons. The highest BCUT2D eigenvalue weighted by Gasteiger charge is 2.10. The van der Waals surface area contributed by atoms with Crippen molar-refractivity contribution in [1.82, 2.24) is 0 Å². The van der Waals surface area contributed by atoms with Gasteiger partial charge in [0.2, 0.25) is 0 Å². The molecule has 2 aromatic carbocycles. The molecule has 0 spiro atoms. The fourth-order valence-electron chi connectivity index (χ4n) is 1.59. The van der Waals surface area contributed by atoms with Gasteiger partial charge in [0, 0.05) is 10.7 Å². The Bertz CT molecular complexity index is 649. The summed E-state index contributed by atoms with van der Waals surface area (Å²) in [6, 6.07) is 9.11. The van der Waals surface area contributed by atoms with Crippen molar-refractivity contribution in [3.05, 3.63) is 57.8 Å². The fourth-order valence-corrected chi connectivity index (χ4v) is 3.06.